The van der Waals surface area contributed by atoms with Crippen molar-refractivity contribution < 1.29 is 4.42 Å². The number of aromatic nitrogens is 1. The third kappa shape index (κ3) is 5.43. The molecule has 9 aromatic carbocycles. The zero-order valence-corrected chi connectivity index (χ0v) is 31.1. The number of anilines is 3. The molecule has 268 valence electrons. The second-order valence-electron chi connectivity index (χ2n) is 14.5. The summed E-state index contributed by atoms with van der Waals surface area (Å²) in [4.78, 5) is 2.50. The van der Waals surface area contributed by atoms with Gasteiger partial charge in [0.25, 0.3) is 0 Å². The number of rotatable bonds is 7. The normalized spacial score (nSPS) is 11.5. The van der Waals surface area contributed by atoms with Gasteiger partial charge < -0.3 is 13.9 Å². The molecule has 2 aromatic heterocycles. The highest BCUT2D eigenvalue weighted by molar-refractivity contribution is 6.18. The van der Waals surface area contributed by atoms with Crippen LogP contribution in [0.5, 0.6) is 0 Å². The molecule has 57 heavy (non-hydrogen) atoms. The van der Waals surface area contributed by atoms with Crippen LogP contribution in [0.15, 0.2) is 223 Å². The number of hydrogen-bond donors (Lipinski definition) is 0. The number of nitrogens with zero attached hydrogens (tertiary/aromatic N) is 2. The van der Waals surface area contributed by atoms with E-state index in [0.29, 0.717) is 0 Å². The molecule has 0 fully saturated rings. The van der Waals surface area contributed by atoms with Gasteiger partial charge in [-0.1, -0.05) is 170 Å². The molecule has 0 N–H and O–H groups in total. The Balaban J connectivity index is 1.27. The van der Waals surface area contributed by atoms with Crippen LogP contribution in [-0.4, -0.2) is 4.57 Å². The molecule has 0 aliphatic carbocycles. The molecule has 0 aliphatic rings. The lowest BCUT2D eigenvalue weighted by Crippen LogP contribution is -2.13. The first-order chi connectivity index (χ1) is 28.3. The van der Waals surface area contributed by atoms with Crippen molar-refractivity contribution in [3.63, 3.8) is 0 Å². The minimum absolute atomic E-state index is 0.881. The fraction of sp³-hybridized carbons (Fsp3) is 0. The Morgan fingerprint density at radius 1 is 0.351 bits per heavy atom. The standard InChI is InChI=1S/C54H36N2O/c1-4-18-37(19-5-1)39-34-35-41(38-20-6-2-7-21-38)51(36-39)56(47-29-13-10-24-42(47)44-27-16-28-45-43-25-12-15-33-52(43)57-54(44)45)50-32-17-31-49-53(50)46-26-11-14-30-48(46)55(49)40-22-8-3-9-23-40/h1-36H. The van der Waals surface area contributed by atoms with E-state index in [0.717, 1.165) is 89.1 Å². The molecule has 0 unspecified atom stereocenters. The number of hydrogen-bond acceptors (Lipinski definition) is 2. The van der Waals surface area contributed by atoms with Crippen LogP contribution in [0.3, 0.4) is 0 Å². The van der Waals surface area contributed by atoms with Crippen LogP contribution in [0.1, 0.15) is 0 Å². The molecule has 11 rings (SSSR count). The van der Waals surface area contributed by atoms with E-state index >= 15 is 0 Å². The third-order valence-electron chi connectivity index (χ3n) is 11.2. The Hall–Kier alpha value is -7.62. The van der Waals surface area contributed by atoms with Crippen molar-refractivity contribution in [1.82, 2.24) is 4.57 Å². The summed E-state index contributed by atoms with van der Waals surface area (Å²) in [5, 5.41) is 4.59. The Labute approximate surface area is 330 Å². The molecule has 0 radical (unpaired) electrons. The summed E-state index contributed by atoms with van der Waals surface area (Å²) in [6, 6.07) is 78.2. The van der Waals surface area contributed by atoms with E-state index in [9.17, 15) is 0 Å². The summed E-state index contributed by atoms with van der Waals surface area (Å²) in [5.74, 6) is 0. The fourth-order valence-corrected chi connectivity index (χ4v) is 8.68. The fourth-order valence-electron chi connectivity index (χ4n) is 8.68. The minimum atomic E-state index is 0.881. The monoisotopic (exact) mass is 728 g/mol. The van der Waals surface area contributed by atoms with E-state index < -0.39 is 0 Å². The lowest BCUT2D eigenvalue weighted by molar-refractivity contribution is 0.670. The molecule has 0 atom stereocenters. The quantitative estimate of drug-likeness (QED) is 0.163. The Morgan fingerprint density at radius 2 is 0.947 bits per heavy atom. The summed E-state index contributed by atoms with van der Waals surface area (Å²) < 4.78 is 9.11. The van der Waals surface area contributed by atoms with E-state index in [2.05, 4.69) is 222 Å². The predicted molar refractivity (Wildman–Crippen MR) is 239 cm³/mol. The second-order valence-corrected chi connectivity index (χ2v) is 14.5. The van der Waals surface area contributed by atoms with Crippen molar-refractivity contribution in [2.75, 3.05) is 4.90 Å². The lowest BCUT2D eigenvalue weighted by Gasteiger charge is -2.31. The zero-order chi connectivity index (χ0) is 37.7. The van der Waals surface area contributed by atoms with Crippen LogP contribution >= 0.6 is 0 Å². The molecular formula is C54H36N2O. The van der Waals surface area contributed by atoms with Gasteiger partial charge in [0, 0.05) is 43.9 Å². The molecule has 0 bridgehead atoms. The first-order valence-electron chi connectivity index (χ1n) is 19.4. The van der Waals surface area contributed by atoms with Crippen molar-refractivity contribution in [3.05, 3.63) is 218 Å². The SMILES string of the molecule is c1ccc(-c2ccc(-c3ccccc3)c(N(c3ccccc3-c3cccc4c3oc3ccccc34)c3cccc4c3c3ccccc3n4-c3ccccc3)c2)cc1. The molecule has 0 saturated heterocycles. The first kappa shape index (κ1) is 32.8. The molecule has 11 aromatic rings. The predicted octanol–water partition coefficient (Wildman–Crippen LogP) is 15.2. The largest absolute Gasteiger partial charge is 0.455 e. The van der Waals surface area contributed by atoms with E-state index in [1.54, 1.807) is 0 Å². The molecule has 0 aliphatic heterocycles. The van der Waals surface area contributed by atoms with E-state index in [1.165, 1.54) is 10.8 Å². The number of furan rings is 1. The van der Waals surface area contributed by atoms with Gasteiger partial charge in [-0.3, -0.25) is 0 Å². The molecule has 0 spiro atoms. The highest BCUT2D eigenvalue weighted by Gasteiger charge is 2.26. The van der Waals surface area contributed by atoms with Crippen LogP contribution in [0, 0.1) is 0 Å². The number of para-hydroxylation sites is 5. The molecule has 2 heterocycles. The van der Waals surface area contributed by atoms with E-state index in [4.69, 9.17) is 4.42 Å². The van der Waals surface area contributed by atoms with Gasteiger partial charge in [0.05, 0.1) is 28.1 Å². The van der Waals surface area contributed by atoms with Gasteiger partial charge in [-0.05, 0) is 65.2 Å². The summed E-state index contributed by atoms with van der Waals surface area (Å²) in [6.07, 6.45) is 0. The van der Waals surface area contributed by atoms with Crippen LogP contribution < -0.4 is 4.90 Å². The Kier molecular flexibility index (Phi) is 7.82. The van der Waals surface area contributed by atoms with E-state index in [-0.39, 0.29) is 0 Å². The first-order valence-corrected chi connectivity index (χ1v) is 19.4. The smallest absolute Gasteiger partial charge is 0.143 e. The molecule has 3 nitrogen and oxygen atoms in total. The molecule has 0 saturated carbocycles. The zero-order valence-electron chi connectivity index (χ0n) is 31.1. The third-order valence-corrected chi connectivity index (χ3v) is 11.2. The number of benzene rings is 9. The maximum atomic E-state index is 6.71. The average molecular weight is 729 g/mol. The Bertz CT molecular complexity index is 3230. The van der Waals surface area contributed by atoms with Crippen molar-refractivity contribution in [1.29, 1.82) is 0 Å². The Morgan fingerprint density at radius 3 is 1.77 bits per heavy atom. The van der Waals surface area contributed by atoms with Gasteiger partial charge >= 0.3 is 0 Å². The summed E-state index contributed by atoms with van der Waals surface area (Å²) in [5.41, 5.74) is 15.1. The maximum Gasteiger partial charge on any atom is 0.143 e. The molecule has 0 amide bonds. The van der Waals surface area contributed by atoms with Crippen LogP contribution in [0.2, 0.25) is 0 Å². The molecular weight excluding hydrogens is 693 g/mol. The van der Waals surface area contributed by atoms with Crippen molar-refractivity contribution in [2.24, 2.45) is 0 Å². The van der Waals surface area contributed by atoms with Crippen LogP contribution in [0.25, 0.3) is 82.8 Å². The second kappa shape index (κ2) is 13.6. The van der Waals surface area contributed by atoms with Gasteiger partial charge in [-0.25, -0.2) is 0 Å². The van der Waals surface area contributed by atoms with Gasteiger partial charge in [-0.2, -0.15) is 0 Å². The van der Waals surface area contributed by atoms with Gasteiger partial charge in [-0.15, -0.1) is 0 Å². The summed E-state index contributed by atoms with van der Waals surface area (Å²) in [6.45, 7) is 0. The van der Waals surface area contributed by atoms with Gasteiger partial charge in [0.1, 0.15) is 11.2 Å². The maximum absolute atomic E-state index is 6.71. The van der Waals surface area contributed by atoms with Gasteiger partial charge in [0.15, 0.2) is 0 Å². The minimum Gasteiger partial charge on any atom is -0.455 e. The lowest BCUT2D eigenvalue weighted by atomic mass is 9.94. The topological polar surface area (TPSA) is 21.3 Å². The number of fused-ring (bicyclic) bond motifs is 6. The molecule has 3 heteroatoms. The van der Waals surface area contributed by atoms with Crippen molar-refractivity contribution in [2.45, 2.75) is 0 Å². The highest BCUT2D eigenvalue weighted by atomic mass is 16.3. The van der Waals surface area contributed by atoms with E-state index in [1.807, 2.05) is 6.07 Å². The summed E-state index contributed by atoms with van der Waals surface area (Å²) >= 11 is 0. The van der Waals surface area contributed by atoms with Crippen molar-refractivity contribution in [3.8, 4) is 39.1 Å². The highest BCUT2D eigenvalue weighted by Crippen LogP contribution is 2.50. The average Bonchev–Trinajstić information content (AvgIpc) is 3.84. The van der Waals surface area contributed by atoms with Crippen molar-refractivity contribution >= 4 is 60.8 Å². The van der Waals surface area contributed by atoms with Gasteiger partial charge in [0.2, 0.25) is 0 Å². The van der Waals surface area contributed by atoms with Crippen LogP contribution in [0.4, 0.5) is 17.1 Å². The summed E-state index contributed by atoms with van der Waals surface area (Å²) in [7, 11) is 0. The van der Waals surface area contributed by atoms with Crippen LogP contribution in [-0.2, 0) is 0 Å².